The quantitative estimate of drug-likeness (QED) is 0.809. The van der Waals surface area contributed by atoms with E-state index in [-0.39, 0.29) is 6.61 Å². The number of aromatic nitrogens is 1. The highest BCUT2D eigenvalue weighted by Gasteiger charge is 2.05. The Bertz CT molecular complexity index is 353. The van der Waals surface area contributed by atoms with Crippen molar-refractivity contribution in [2.24, 2.45) is 0 Å². The van der Waals surface area contributed by atoms with Gasteiger partial charge in [-0.05, 0) is 45.6 Å². The highest BCUT2D eigenvalue weighted by Crippen LogP contribution is 2.13. The highest BCUT2D eigenvalue weighted by molar-refractivity contribution is 5.40. The van der Waals surface area contributed by atoms with E-state index in [0.29, 0.717) is 0 Å². The maximum absolute atomic E-state index is 9.09. The first kappa shape index (κ1) is 13.9. The van der Waals surface area contributed by atoms with Crippen LogP contribution < -0.4 is 4.90 Å². The zero-order valence-corrected chi connectivity index (χ0v) is 11.3. The lowest BCUT2D eigenvalue weighted by molar-refractivity contribution is 0.280. The minimum Gasteiger partial charge on any atom is -0.392 e. The van der Waals surface area contributed by atoms with E-state index in [9.17, 15) is 0 Å². The van der Waals surface area contributed by atoms with Gasteiger partial charge < -0.3 is 14.9 Å². The van der Waals surface area contributed by atoms with Crippen molar-refractivity contribution >= 4 is 5.82 Å². The summed E-state index contributed by atoms with van der Waals surface area (Å²) in [6, 6.07) is 3.91. The van der Waals surface area contributed by atoms with Gasteiger partial charge in [0.15, 0.2) is 0 Å². The predicted molar refractivity (Wildman–Crippen MR) is 71.3 cm³/mol. The molecule has 0 bridgehead atoms. The minimum atomic E-state index is 0.0590. The molecule has 0 amide bonds. The molecule has 0 aromatic carbocycles. The molecule has 0 radical (unpaired) electrons. The van der Waals surface area contributed by atoms with Crippen molar-refractivity contribution < 1.29 is 5.11 Å². The molecule has 17 heavy (non-hydrogen) atoms. The van der Waals surface area contributed by atoms with Gasteiger partial charge in [-0.3, -0.25) is 0 Å². The third-order valence-electron chi connectivity index (χ3n) is 2.84. The molecule has 1 N–H and O–H groups in total. The maximum atomic E-state index is 9.09. The topological polar surface area (TPSA) is 39.6 Å². The summed E-state index contributed by atoms with van der Waals surface area (Å²) in [4.78, 5) is 8.83. The molecule has 0 aliphatic rings. The van der Waals surface area contributed by atoms with E-state index in [2.05, 4.69) is 35.9 Å². The Kier molecular flexibility index (Phi) is 5.38. The van der Waals surface area contributed by atoms with E-state index in [0.717, 1.165) is 36.6 Å². The van der Waals surface area contributed by atoms with Crippen LogP contribution in [0.15, 0.2) is 12.1 Å². The van der Waals surface area contributed by atoms with Crippen molar-refractivity contribution in [2.75, 3.05) is 39.1 Å². The van der Waals surface area contributed by atoms with Gasteiger partial charge in [0.05, 0.1) is 6.61 Å². The summed E-state index contributed by atoms with van der Waals surface area (Å²) in [6.45, 7) is 4.06. The van der Waals surface area contributed by atoms with Gasteiger partial charge in [-0.15, -0.1) is 0 Å². The summed E-state index contributed by atoms with van der Waals surface area (Å²) in [5.74, 6) is 0.971. The second-order valence-electron chi connectivity index (χ2n) is 4.65. The van der Waals surface area contributed by atoms with Crippen LogP contribution in [0.5, 0.6) is 0 Å². The SMILES string of the molecule is Cc1nc(N(C)CCCN(C)C)ccc1CO. The van der Waals surface area contributed by atoms with Crippen LogP contribution in [0.1, 0.15) is 17.7 Å². The van der Waals surface area contributed by atoms with Gasteiger partial charge in [0.25, 0.3) is 0 Å². The van der Waals surface area contributed by atoms with Gasteiger partial charge >= 0.3 is 0 Å². The monoisotopic (exact) mass is 237 g/mol. The van der Waals surface area contributed by atoms with Crippen LogP contribution in [0.3, 0.4) is 0 Å². The second-order valence-corrected chi connectivity index (χ2v) is 4.65. The summed E-state index contributed by atoms with van der Waals surface area (Å²) in [7, 11) is 6.22. The standard InChI is InChI=1S/C13H23N3O/c1-11-12(10-17)6-7-13(14-11)16(4)9-5-8-15(2)3/h6-7,17H,5,8-10H2,1-4H3. The summed E-state index contributed by atoms with van der Waals surface area (Å²) < 4.78 is 0. The summed E-state index contributed by atoms with van der Waals surface area (Å²) in [5.41, 5.74) is 1.81. The number of hydrogen-bond acceptors (Lipinski definition) is 4. The van der Waals surface area contributed by atoms with Crippen molar-refractivity contribution in [3.8, 4) is 0 Å². The molecule has 4 heteroatoms. The van der Waals surface area contributed by atoms with Crippen LogP contribution >= 0.6 is 0 Å². The van der Waals surface area contributed by atoms with Gasteiger partial charge in [0, 0.05) is 19.3 Å². The van der Waals surface area contributed by atoms with Crippen LogP contribution in [0.2, 0.25) is 0 Å². The number of hydrogen-bond donors (Lipinski definition) is 1. The van der Waals surface area contributed by atoms with E-state index in [1.165, 1.54) is 0 Å². The van der Waals surface area contributed by atoms with Crippen molar-refractivity contribution in [3.63, 3.8) is 0 Å². The van der Waals surface area contributed by atoms with E-state index in [1.807, 2.05) is 19.1 Å². The Hall–Kier alpha value is -1.13. The van der Waals surface area contributed by atoms with E-state index in [4.69, 9.17) is 5.11 Å². The van der Waals surface area contributed by atoms with Crippen LogP contribution in [0.25, 0.3) is 0 Å². The summed E-state index contributed by atoms with van der Waals surface area (Å²) in [6.07, 6.45) is 1.12. The molecule has 1 rings (SSSR count). The van der Waals surface area contributed by atoms with Gasteiger partial charge in [0.2, 0.25) is 0 Å². The first-order valence-electron chi connectivity index (χ1n) is 5.98. The normalized spacial score (nSPS) is 10.9. The maximum Gasteiger partial charge on any atom is 0.128 e. The van der Waals surface area contributed by atoms with E-state index in [1.54, 1.807) is 0 Å². The number of aliphatic hydroxyl groups is 1. The average Bonchev–Trinajstić information content (AvgIpc) is 2.28. The molecule has 4 nitrogen and oxygen atoms in total. The molecule has 0 atom stereocenters. The number of anilines is 1. The molecule has 1 aromatic rings. The zero-order chi connectivity index (χ0) is 12.8. The molecular formula is C13H23N3O. The molecule has 0 spiro atoms. The van der Waals surface area contributed by atoms with Crippen molar-refractivity contribution in [2.45, 2.75) is 20.0 Å². The molecule has 0 aliphatic heterocycles. The minimum absolute atomic E-state index is 0.0590. The van der Waals surface area contributed by atoms with Crippen molar-refractivity contribution in [1.29, 1.82) is 0 Å². The van der Waals surface area contributed by atoms with Gasteiger partial charge in [-0.2, -0.15) is 0 Å². The molecule has 0 fully saturated rings. The Labute approximate surface area is 104 Å². The van der Waals surface area contributed by atoms with Gasteiger partial charge in [-0.1, -0.05) is 6.07 Å². The second kappa shape index (κ2) is 6.57. The fourth-order valence-corrected chi connectivity index (χ4v) is 1.69. The molecule has 0 unspecified atom stereocenters. The largest absolute Gasteiger partial charge is 0.392 e. The molecule has 0 aliphatic carbocycles. The molecular weight excluding hydrogens is 214 g/mol. The van der Waals surface area contributed by atoms with Crippen LogP contribution in [0, 0.1) is 6.92 Å². The molecule has 1 aromatic heterocycles. The van der Waals surface area contributed by atoms with Crippen LogP contribution in [-0.2, 0) is 6.61 Å². The lowest BCUT2D eigenvalue weighted by Crippen LogP contribution is -2.24. The molecule has 96 valence electrons. The predicted octanol–water partition coefficient (Wildman–Crippen LogP) is 1.27. The van der Waals surface area contributed by atoms with Gasteiger partial charge in [0.1, 0.15) is 5.82 Å². The summed E-state index contributed by atoms with van der Waals surface area (Å²) in [5, 5.41) is 9.09. The molecule has 0 saturated heterocycles. The lowest BCUT2D eigenvalue weighted by Gasteiger charge is -2.20. The fraction of sp³-hybridized carbons (Fsp3) is 0.615. The Morgan fingerprint density at radius 2 is 1.88 bits per heavy atom. The number of pyridine rings is 1. The Morgan fingerprint density at radius 1 is 1.18 bits per heavy atom. The van der Waals surface area contributed by atoms with E-state index >= 15 is 0 Å². The average molecular weight is 237 g/mol. The first-order chi connectivity index (χ1) is 8.04. The number of nitrogens with zero attached hydrogens (tertiary/aromatic N) is 3. The highest BCUT2D eigenvalue weighted by atomic mass is 16.3. The third kappa shape index (κ3) is 4.32. The lowest BCUT2D eigenvalue weighted by atomic mass is 10.2. The van der Waals surface area contributed by atoms with Crippen molar-refractivity contribution in [1.82, 2.24) is 9.88 Å². The number of rotatable bonds is 6. The number of aliphatic hydroxyl groups excluding tert-OH is 1. The van der Waals surface area contributed by atoms with Crippen molar-refractivity contribution in [3.05, 3.63) is 23.4 Å². The fourth-order valence-electron chi connectivity index (χ4n) is 1.69. The van der Waals surface area contributed by atoms with Gasteiger partial charge in [-0.25, -0.2) is 4.98 Å². The summed E-state index contributed by atoms with van der Waals surface area (Å²) >= 11 is 0. The molecule has 1 heterocycles. The zero-order valence-electron chi connectivity index (χ0n) is 11.3. The first-order valence-corrected chi connectivity index (χ1v) is 5.98. The smallest absolute Gasteiger partial charge is 0.128 e. The van der Waals surface area contributed by atoms with Crippen LogP contribution in [0.4, 0.5) is 5.82 Å². The third-order valence-corrected chi connectivity index (χ3v) is 2.84. The Morgan fingerprint density at radius 3 is 2.41 bits per heavy atom. The number of aryl methyl sites for hydroxylation is 1. The van der Waals surface area contributed by atoms with Crippen LogP contribution in [-0.4, -0.2) is 49.2 Å². The van der Waals surface area contributed by atoms with E-state index < -0.39 is 0 Å². The molecule has 0 saturated carbocycles. The Balaban J connectivity index is 2.57.